The first-order valence-corrected chi connectivity index (χ1v) is 7.52. The van der Waals surface area contributed by atoms with Gasteiger partial charge in [-0.15, -0.1) is 0 Å². The van der Waals surface area contributed by atoms with Crippen LogP contribution in [0.5, 0.6) is 0 Å². The standard InChI is InChI=1S/C16H11BrF4N2/c1-9-6-13-14(22-15(9)17)12(18)8-23(13)7-10-2-4-11(5-3-10)16(19,20)21/h2-6,8H,7H2,1H3. The van der Waals surface area contributed by atoms with Crippen LogP contribution in [-0.4, -0.2) is 9.55 Å². The highest BCUT2D eigenvalue weighted by Gasteiger charge is 2.29. The number of alkyl halides is 3. The molecule has 0 N–H and O–H groups in total. The molecule has 0 saturated carbocycles. The predicted octanol–water partition coefficient (Wildman–Crippen LogP) is 5.31. The minimum Gasteiger partial charge on any atom is -0.339 e. The zero-order valence-electron chi connectivity index (χ0n) is 12.0. The van der Waals surface area contributed by atoms with E-state index in [4.69, 9.17) is 0 Å². The van der Waals surface area contributed by atoms with E-state index in [0.717, 1.165) is 17.7 Å². The van der Waals surface area contributed by atoms with E-state index < -0.39 is 17.6 Å². The molecule has 3 aromatic rings. The van der Waals surface area contributed by atoms with Crippen LogP contribution in [0.25, 0.3) is 11.0 Å². The van der Waals surface area contributed by atoms with E-state index in [9.17, 15) is 17.6 Å². The number of nitrogens with zero attached hydrogens (tertiary/aromatic N) is 2. The summed E-state index contributed by atoms with van der Waals surface area (Å²) in [7, 11) is 0. The van der Waals surface area contributed by atoms with Crippen LogP contribution < -0.4 is 0 Å². The molecule has 0 saturated heterocycles. The van der Waals surface area contributed by atoms with Gasteiger partial charge in [-0.05, 0) is 52.2 Å². The first-order valence-electron chi connectivity index (χ1n) is 6.73. The van der Waals surface area contributed by atoms with Gasteiger partial charge in [-0.3, -0.25) is 0 Å². The Morgan fingerprint density at radius 2 is 1.83 bits per heavy atom. The molecule has 7 heteroatoms. The second kappa shape index (κ2) is 5.63. The third-order valence-electron chi connectivity index (χ3n) is 3.57. The Morgan fingerprint density at radius 3 is 2.43 bits per heavy atom. The quantitative estimate of drug-likeness (QED) is 0.430. The smallest absolute Gasteiger partial charge is 0.339 e. The van der Waals surface area contributed by atoms with Crippen molar-refractivity contribution in [3.05, 3.63) is 63.6 Å². The van der Waals surface area contributed by atoms with Crippen molar-refractivity contribution in [3.63, 3.8) is 0 Å². The number of halogens is 5. The Labute approximate surface area is 137 Å². The number of rotatable bonds is 2. The summed E-state index contributed by atoms with van der Waals surface area (Å²) in [5, 5.41) is 0. The Kier molecular flexibility index (Phi) is 3.91. The van der Waals surface area contributed by atoms with Gasteiger partial charge in [0.05, 0.1) is 11.1 Å². The lowest BCUT2D eigenvalue weighted by molar-refractivity contribution is -0.137. The molecule has 1 aromatic carbocycles. The van der Waals surface area contributed by atoms with Crippen molar-refractivity contribution >= 4 is 27.0 Å². The normalized spacial score (nSPS) is 12.1. The predicted molar refractivity (Wildman–Crippen MR) is 82.7 cm³/mol. The van der Waals surface area contributed by atoms with Crippen LogP contribution in [0.15, 0.2) is 41.1 Å². The first kappa shape index (κ1) is 16.0. The Bertz CT molecular complexity index is 866. The molecule has 0 atom stereocenters. The van der Waals surface area contributed by atoms with Gasteiger partial charge in [-0.25, -0.2) is 9.37 Å². The minimum absolute atomic E-state index is 0.231. The van der Waals surface area contributed by atoms with E-state index in [-0.39, 0.29) is 12.1 Å². The summed E-state index contributed by atoms with van der Waals surface area (Å²) >= 11 is 3.26. The van der Waals surface area contributed by atoms with E-state index in [2.05, 4.69) is 20.9 Å². The van der Waals surface area contributed by atoms with Crippen LogP contribution in [0.3, 0.4) is 0 Å². The van der Waals surface area contributed by atoms with Crippen molar-refractivity contribution in [2.75, 3.05) is 0 Å². The third kappa shape index (κ3) is 3.10. The maximum atomic E-state index is 14.0. The molecule has 0 aliphatic rings. The molecule has 23 heavy (non-hydrogen) atoms. The molecule has 0 unspecified atom stereocenters. The lowest BCUT2D eigenvalue weighted by Crippen LogP contribution is -2.05. The van der Waals surface area contributed by atoms with E-state index in [0.29, 0.717) is 15.7 Å². The van der Waals surface area contributed by atoms with Gasteiger partial charge in [0.2, 0.25) is 0 Å². The van der Waals surface area contributed by atoms with Crippen LogP contribution in [0.2, 0.25) is 0 Å². The molecule has 2 nitrogen and oxygen atoms in total. The molecule has 0 radical (unpaired) electrons. The summed E-state index contributed by atoms with van der Waals surface area (Å²) in [5.74, 6) is -0.465. The maximum absolute atomic E-state index is 14.0. The number of hydrogen-bond donors (Lipinski definition) is 0. The second-order valence-electron chi connectivity index (χ2n) is 5.26. The van der Waals surface area contributed by atoms with Gasteiger partial charge in [0, 0.05) is 12.7 Å². The highest BCUT2D eigenvalue weighted by atomic mass is 79.9. The summed E-state index contributed by atoms with van der Waals surface area (Å²) in [6, 6.07) is 6.63. The molecule has 0 aliphatic carbocycles. The van der Waals surface area contributed by atoms with Crippen LogP contribution >= 0.6 is 15.9 Å². The molecule has 0 aliphatic heterocycles. The van der Waals surface area contributed by atoms with Gasteiger partial charge in [0.1, 0.15) is 10.1 Å². The molecular weight excluding hydrogens is 376 g/mol. The van der Waals surface area contributed by atoms with E-state index >= 15 is 0 Å². The van der Waals surface area contributed by atoms with Crippen molar-refractivity contribution in [1.82, 2.24) is 9.55 Å². The maximum Gasteiger partial charge on any atom is 0.416 e. The molecule has 0 bridgehead atoms. The summed E-state index contributed by atoms with van der Waals surface area (Å²) < 4.78 is 53.9. The van der Waals surface area contributed by atoms with Gasteiger partial charge in [0.15, 0.2) is 5.82 Å². The highest BCUT2D eigenvalue weighted by Crippen LogP contribution is 2.29. The zero-order chi connectivity index (χ0) is 16.8. The monoisotopic (exact) mass is 386 g/mol. The van der Waals surface area contributed by atoms with Crippen molar-refractivity contribution in [2.24, 2.45) is 0 Å². The fourth-order valence-electron chi connectivity index (χ4n) is 2.37. The number of benzene rings is 1. The highest BCUT2D eigenvalue weighted by molar-refractivity contribution is 9.10. The van der Waals surface area contributed by atoms with Gasteiger partial charge in [-0.1, -0.05) is 12.1 Å². The molecule has 0 fully saturated rings. The Hall–Kier alpha value is -1.89. The summed E-state index contributed by atoms with van der Waals surface area (Å²) in [6.45, 7) is 2.10. The average Bonchev–Trinajstić information content (AvgIpc) is 2.75. The van der Waals surface area contributed by atoms with Crippen LogP contribution in [0.1, 0.15) is 16.7 Å². The van der Waals surface area contributed by atoms with Gasteiger partial charge in [-0.2, -0.15) is 13.2 Å². The molecule has 120 valence electrons. The lowest BCUT2D eigenvalue weighted by atomic mass is 10.1. The zero-order valence-corrected chi connectivity index (χ0v) is 13.5. The van der Waals surface area contributed by atoms with Gasteiger partial charge < -0.3 is 4.57 Å². The van der Waals surface area contributed by atoms with Gasteiger partial charge in [0.25, 0.3) is 0 Å². The number of hydrogen-bond acceptors (Lipinski definition) is 1. The summed E-state index contributed by atoms with van der Waals surface area (Å²) in [5.41, 5.74) is 1.63. The van der Waals surface area contributed by atoms with E-state index in [1.54, 1.807) is 10.6 Å². The lowest BCUT2D eigenvalue weighted by Gasteiger charge is -2.09. The average molecular weight is 387 g/mol. The van der Waals surface area contributed by atoms with Crippen LogP contribution in [0, 0.1) is 12.7 Å². The third-order valence-corrected chi connectivity index (χ3v) is 4.37. The number of fused-ring (bicyclic) bond motifs is 1. The summed E-state index contributed by atoms with van der Waals surface area (Å²) in [4.78, 5) is 4.16. The SMILES string of the molecule is Cc1cc2c(nc1Br)c(F)cn2Cc1ccc(C(F)(F)F)cc1. The van der Waals surface area contributed by atoms with Gasteiger partial charge >= 0.3 is 6.18 Å². The minimum atomic E-state index is -4.36. The number of pyridine rings is 1. The number of aryl methyl sites for hydroxylation is 1. The fraction of sp³-hybridized carbons (Fsp3) is 0.188. The molecule has 0 amide bonds. The fourth-order valence-corrected chi connectivity index (χ4v) is 2.66. The van der Waals surface area contributed by atoms with E-state index in [1.165, 1.54) is 18.3 Å². The number of aromatic nitrogens is 2. The molecule has 2 aromatic heterocycles. The van der Waals surface area contributed by atoms with E-state index in [1.807, 2.05) is 6.92 Å². The second-order valence-corrected chi connectivity index (χ2v) is 6.01. The van der Waals surface area contributed by atoms with Crippen LogP contribution in [0.4, 0.5) is 17.6 Å². The van der Waals surface area contributed by atoms with Crippen molar-refractivity contribution in [1.29, 1.82) is 0 Å². The van der Waals surface area contributed by atoms with Crippen molar-refractivity contribution in [2.45, 2.75) is 19.6 Å². The molecule has 2 heterocycles. The van der Waals surface area contributed by atoms with Crippen molar-refractivity contribution in [3.8, 4) is 0 Å². The first-order chi connectivity index (χ1) is 10.8. The van der Waals surface area contributed by atoms with Crippen LogP contribution in [-0.2, 0) is 12.7 Å². The largest absolute Gasteiger partial charge is 0.416 e. The molecular formula is C16H11BrF4N2. The Morgan fingerprint density at radius 1 is 1.17 bits per heavy atom. The van der Waals surface area contributed by atoms with Crippen molar-refractivity contribution < 1.29 is 17.6 Å². The Balaban J connectivity index is 1.97. The molecule has 0 spiro atoms. The summed E-state index contributed by atoms with van der Waals surface area (Å²) in [6.07, 6.45) is -3.06. The molecule has 3 rings (SSSR count). The topological polar surface area (TPSA) is 17.8 Å².